The number of pyridine rings is 2. The van der Waals surface area contributed by atoms with Crippen molar-refractivity contribution in [1.82, 2.24) is 19.7 Å². The Morgan fingerprint density at radius 1 is 0.881 bits per heavy atom. The van der Waals surface area contributed by atoms with E-state index in [2.05, 4.69) is 15.1 Å². The molecule has 0 saturated heterocycles. The smallest absolute Gasteiger partial charge is 0.408 e. The molecule has 42 heavy (non-hydrogen) atoms. The lowest BCUT2D eigenvalue weighted by Gasteiger charge is -2.11. The second-order valence-corrected chi connectivity index (χ2v) is 8.53. The summed E-state index contributed by atoms with van der Waals surface area (Å²) in [7, 11) is 0. The van der Waals surface area contributed by atoms with Crippen molar-refractivity contribution in [2.45, 2.75) is 32.2 Å². The van der Waals surface area contributed by atoms with Gasteiger partial charge < -0.3 is 19.7 Å². The van der Waals surface area contributed by atoms with E-state index in [-0.39, 0.29) is 26.1 Å². The van der Waals surface area contributed by atoms with Crippen LogP contribution in [0.1, 0.15) is 18.5 Å². The van der Waals surface area contributed by atoms with Crippen molar-refractivity contribution in [2.24, 2.45) is 0 Å². The number of nitrogens with zero attached hydrogens (tertiary/aromatic N) is 4. The third-order valence-electron chi connectivity index (χ3n) is 5.33. The Hall–Kier alpha value is -5.01. The van der Waals surface area contributed by atoms with E-state index in [1.54, 1.807) is 67.1 Å². The molecule has 0 aliphatic rings. The average molecular weight is 591 g/mol. The number of halogens is 4. The first kappa shape index (κ1) is 31.5. The molecule has 0 radical (unpaired) electrons. The zero-order valence-electron chi connectivity index (χ0n) is 22.0. The van der Waals surface area contributed by atoms with E-state index in [9.17, 15) is 27.2 Å². The topological polar surface area (TPSA) is 137 Å². The number of ether oxygens (including phenoxy) is 2. The molecule has 0 fully saturated rings. The highest BCUT2D eigenvalue weighted by atomic mass is 19.4. The molecule has 4 aromatic rings. The van der Waals surface area contributed by atoms with Crippen LogP contribution in [0.25, 0.3) is 22.4 Å². The number of aliphatic carboxylic acids is 2. The molecule has 0 bridgehead atoms. The van der Waals surface area contributed by atoms with Gasteiger partial charge in [0.15, 0.2) is 0 Å². The minimum atomic E-state index is -4.39. The van der Waals surface area contributed by atoms with E-state index >= 15 is 0 Å². The molecule has 0 spiro atoms. The number of carbonyl (C=O) groups is 2. The first-order valence-corrected chi connectivity index (χ1v) is 12.4. The maximum Gasteiger partial charge on any atom is 0.408 e. The molecule has 0 unspecified atom stereocenters. The number of aromatic nitrogens is 4. The van der Waals surface area contributed by atoms with Gasteiger partial charge in [0, 0.05) is 35.9 Å². The molecule has 0 aliphatic carbocycles. The summed E-state index contributed by atoms with van der Waals surface area (Å²) in [6, 6.07) is 13.6. The van der Waals surface area contributed by atoms with Crippen LogP contribution in [0.2, 0.25) is 0 Å². The lowest BCUT2D eigenvalue weighted by molar-refractivity contribution is -0.143. The zero-order chi connectivity index (χ0) is 30.5. The fourth-order valence-electron chi connectivity index (χ4n) is 3.53. The van der Waals surface area contributed by atoms with Gasteiger partial charge in [-0.3, -0.25) is 24.2 Å². The SMILES string of the molecule is FCCOc1cccnc1COc1ccc(-c2nn(CC(F)(F)F)cc2-c2ccncc2)cc1.O=C(O)CCC(=O)O. The summed E-state index contributed by atoms with van der Waals surface area (Å²) in [4.78, 5) is 27.5. The van der Waals surface area contributed by atoms with Gasteiger partial charge in [-0.15, -0.1) is 0 Å². The first-order chi connectivity index (χ1) is 20.1. The van der Waals surface area contributed by atoms with Gasteiger partial charge in [-0.2, -0.15) is 18.3 Å². The maximum absolute atomic E-state index is 12.9. The quantitative estimate of drug-likeness (QED) is 0.207. The average Bonchev–Trinajstić information content (AvgIpc) is 3.37. The summed E-state index contributed by atoms with van der Waals surface area (Å²) >= 11 is 0. The van der Waals surface area contributed by atoms with Gasteiger partial charge in [-0.25, -0.2) is 4.39 Å². The Morgan fingerprint density at radius 3 is 2.14 bits per heavy atom. The van der Waals surface area contributed by atoms with Crippen molar-refractivity contribution >= 4 is 11.9 Å². The normalized spacial score (nSPS) is 10.9. The molecule has 3 heterocycles. The van der Waals surface area contributed by atoms with Crippen LogP contribution in [0.15, 0.2) is 73.3 Å². The minimum absolute atomic E-state index is 0.0752. The fraction of sp³-hybridized carbons (Fsp3) is 0.250. The zero-order valence-corrected chi connectivity index (χ0v) is 22.0. The summed E-state index contributed by atoms with van der Waals surface area (Å²) in [5.41, 5.74) is 2.82. The molecule has 0 saturated carbocycles. The van der Waals surface area contributed by atoms with Crippen LogP contribution in [0.5, 0.6) is 11.5 Å². The van der Waals surface area contributed by atoms with E-state index < -0.39 is 31.3 Å². The predicted octanol–water partition coefficient (Wildman–Crippen LogP) is 5.43. The number of alkyl halides is 4. The molecule has 222 valence electrons. The van der Waals surface area contributed by atoms with E-state index in [0.717, 1.165) is 4.68 Å². The van der Waals surface area contributed by atoms with Gasteiger partial charge in [0.25, 0.3) is 0 Å². The Morgan fingerprint density at radius 2 is 1.55 bits per heavy atom. The number of benzene rings is 1. The molecule has 1 aromatic carbocycles. The summed E-state index contributed by atoms with van der Waals surface area (Å²) in [6.07, 6.45) is 1.12. The molecule has 3 aromatic heterocycles. The standard InChI is InChI=1S/C24H20F4N4O2.C4H6O4/c25-9-13-33-22-2-1-10-30-21(22)15-34-19-5-3-18(4-6-19)23-20(17-7-11-29-12-8-17)14-32(31-23)16-24(26,27)28;5-3(6)1-2-4(7)8/h1-8,10-12,14H,9,13,15-16H2;1-2H2,(H,5,6)(H,7,8). The Bertz CT molecular complexity index is 1430. The predicted molar refractivity (Wildman–Crippen MR) is 141 cm³/mol. The molecule has 2 N–H and O–H groups in total. The molecular weight excluding hydrogens is 564 g/mol. The summed E-state index contributed by atoms with van der Waals surface area (Å²) in [5.74, 6) is -1.19. The van der Waals surface area contributed by atoms with Gasteiger partial charge in [-0.05, 0) is 54.1 Å². The van der Waals surface area contributed by atoms with Crippen molar-refractivity contribution in [2.75, 3.05) is 13.3 Å². The highest BCUT2D eigenvalue weighted by Gasteiger charge is 2.29. The third-order valence-corrected chi connectivity index (χ3v) is 5.33. The van der Waals surface area contributed by atoms with Crippen LogP contribution in [0, 0.1) is 0 Å². The van der Waals surface area contributed by atoms with Crippen LogP contribution in [-0.4, -0.2) is 61.4 Å². The van der Waals surface area contributed by atoms with Crippen molar-refractivity contribution < 1.29 is 46.8 Å². The van der Waals surface area contributed by atoms with Gasteiger partial charge in [0.2, 0.25) is 0 Å². The second kappa shape index (κ2) is 15.1. The lowest BCUT2D eigenvalue weighted by atomic mass is 10.0. The van der Waals surface area contributed by atoms with Crippen LogP contribution in [0.4, 0.5) is 17.6 Å². The molecular formula is C28H26F4N4O6. The largest absolute Gasteiger partial charge is 0.489 e. The molecule has 0 amide bonds. The van der Waals surface area contributed by atoms with E-state index in [1.165, 1.54) is 6.20 Å². The molecule has 14 heteroatoms. The second-order valence-electron chi connectivity index (χ2n) is 8.53. The molecule has 0 atom stereocenters. The molecule has 10 nitrogen and oxygen atoms in total. The molecule has 0 aliphatic heterocycles. The number of rotatable bonds is 12. The minimum Gasteiger partial charge on any atom is -0.489 e. The summed E-state index contributed by atoms with van der Waals surface area (Å²) in [5, 5.41) is 20.0. The van der Waals surface area contributed by atoms with E-state index in [4.69, 9.17) is 19.7 Å². The van der Waals surface area contributed by atoms with Crippen LogP contribution < -0.4 is 9.47 Å². The summed E-state index contributed by atoms with van der Waals surface area (Å²) in [6.45, 7) is -1.78. The van der Waals surface area contributed by atoms with E-state index in [1.807, 2.05) is 0 Å². The maximum atomic E-state index is 12.9. The number of carboxylic acids is 2. The Labute approximate surface area is 237 Å². The lowest BCUT2D eigenvalue weighted by Crippen LogP contribution is -2.17. The monoisotopic (exact) mass is 590 g/mol. The highest BCUT2D eigenvalue weighted by Crippen LogP contribution is 2.33. The Balaban J connectivity index is 0.000000531. The highest BCUT2D eigenvalue weighted by molar-refractivity contribution is 5.80. The molecule has 4 rings (SSSR count). The van der Waals surface area contributed by atoms with Crippen molar-refractivity contribution in [1.29, 1.82) is 0 Å². The van der Waals surface area contributed by atoms with Crippen LogP contribution in [-0.2, 0) is 22.7 Å². The fourth-order valence-corrected chi connectivity index (χ4v) is 3.53. The van der Waals surface area contributed by atoms with Crippen LogP contribution >= 0.6 is 0 Å². The number of hydrogen-bond donors (Lipinski definition) is 2. The van der Waals surface area contributed by atoms with Gasteiger partial charge in [0.05, 0.1) is 12.8 Å². The van der Waals surface area contributed by atoms with Gasteiger partial charge >= 0.3 is 18.1 Å². The van der Waals surface area contributed by atoms with Gasteiger partial charge in [-0.1, -0.05) is 0 Å². The van der Waals surface area contributed by atoms with Crippen molar-refractivity contribution in [3.05, 3.63) is 79.0 Å². The van der Waals surface area contributed by atoms with E-state index in [0.29, 0.717) is 39.6 Å². The summed E-state index contributed by atoms with van der Waals surface area (Å²) < 4.78 is 63.2. The van der Waals surface area contributed by atoms with Crippen molar-refractivity contribution in [3.8, 4) is 33.9 Å². The van der Waals surface area contributed by atoms with Gasteiger partial charge in [0.1, 0.15) is 49.3 Å². The first-order valence-electron chi connectivity index (χ1n) is 12.4. The number of carboxylic acid groups (broad SMARTS) is 2. The number of hydrogen-bond acceptors (Lipinski definition) is 7. The third kappa shape index (κ3) is 10.2. The Kier molecular flexibility index (Phi) is 11.3. The van der Waals surface area contributed by atoms with Crippen LogP contribution in [0.3, 0.4) is 0 Å². The van der Waals surface area contributed by atoms with Crippen molar-refractivity contribution in [3.63, 3.8) is 0 Å².